The lowest BCUT2D eigenvalue weighted by molar-refractivity contribution is -0.119. The summed E-state index contributed by atoms with van der Waals surface area (Å²) in [6, 6.07) is 19.9. The molecule has 0 spiro atoms. The largest absolute Gasteiger partial charge is 0.355 e. The van der Waals surface area contributed by atoms with Crippen LogP contribution in [0.5, 0.6) is 0 Å². The molecule has 3 aromatic heterocycles. The number of aromatic nitrogens is 2. The number of nitrogens with one attached hydrogen (secondary N) is 1. The highest BCUT2D eigenvalue weighted by Crippen LogP contribution is 2.26. The van der Waals surface area contributed by atoms with Gasteiger partial charge in [-0.2, -0.15) is 0 Å². The van der Waals surface area contributed by atoms with E-state index in [9.17, 15) is 4.79 Å². The van der Waals surface area contributed by atoms with Gasteiger partial charge < -0.3 is 9.84 Å². The van der Waals surface area contributed by atoms with Crippen LogP contribution in [0.15, 0.2) is 76.8 Å². The Morgan fingerprint density at radius 1 is 1.16 bits per heavy atom. The molecular formula is C24H23N3O2S2. The molecule has 0 aliphatic heterocycles. The standard InChI is InChI=1S/C24H23N3O2S2/c1-17-7-9-18(10-8-17)13-21(20-5-2-3-11-25-20)26-24(28)16-30-15-19-14-22(29-27-19)23-6-4-12-31-23/h2-12,14,21H,13,15-16H2,1H3,(H,26,28). The van der Waals surface area contributed by atoms with Crippen LogP contribution in [0, 0.1) is 6.92 Å². The first-order chi connectivity index (χ1) is 15.2. The van der Waals surface area contributed by atoms with Crippen LogP contribution in [-0.2, 0) is 17.0 Å². The Kier molecular flexibility index (Phi) is 7.17. The minimum atomic E-state index is -0.172. The fourth-order valence-corrected chi connectivity index (χ4v) is 4.56. The Morgan fingerprint density at radius 3 is 2.77 bits per heavy atom. The predicted octanol–water partition coefficient (Wildman–Crippen LogP) is 5.44. The van der Waals surface area contributed by atoms with Crippen molar-refractivity contribution in [2.24, 2.45) is 0 Å². The van der Waals surface area contributed by atoms with Crippen molar-refractivity contribution in [3.8, 4) is 10.6 Å². The van der Waals surface area contributed by atoms with Gasteiger partial charge in [-0.1, -0.05) is 47.1 Å². The number of rotatable bonds is 9. The average Bonchev–Trinajstić information content (AvgIpc) is 3.47. The number of carbonyl (C=O) groups excluding carboxylic acids is 1. The van der Waals surface area contributed by atoms with Gasteiger partial charge in [-0.05, 0) is 42.5 Å². The van der Waals surface area contributed by atoms with Crippen LogP contribution >= 0.6 is 23.1 Å². The summed E-state index contributed by atoms with van der Waals surface area (Å²) < 4.78 is 5.40. The molecule has 1 amide bonds. The van der Waals surface area contributed by atoms with Crippen LogP contribution < -0.4 is 5.32 Å². The Bertz CT molecular complexity index is 1090. The molecule has 1 N–H and O–H groups in total. The topological polar surface area (TPSA) is 68.0 Å². The molecule has 0 saturated heterocycles. The highest BCUT2D eigenvalue weighted by Gasteiger charge is 2.17. The number of nitrogens with zero attached hydrogens (tertiary/aromatic N) is 2. The molecule has 1 atom stereocenters. The summed E-state index contributed by atoms with van der Waals surface area (Å²) in [5.74, 6) is 1.71. The maximum absolute atomic E-state index is 12.7. The van der Waals surface area contributed by atoms with Gasteiger partial charge in [-0.15, -0.1) is 23.1 Å². The average molecular weight is 450 g/mol. The highest BCUT2D eigenvalue weighted by atomic mass is 32.2. The van der Waals surface area contributed by atoms with E-state index < -0.39 is 0 Å². The zero-order valence-electron chi connectivity index (χ0n) is 17.2. The molecule has 31 heavy (non-hydrogen) atoms. The first-order valence-electron chi connectivity index (χ1n) is 10.0. The summed E-state index contributed by atoms with van der Waals surface area (Å²) in [6.07, 6.45) is 2.45. The van der Waals surface area contributed by atoms with Crippen LogP contribution in [0.1, 0.15) is 28.6 Å². The van der Waals surface area contributed by atoms with Gasteiger partial charge in [-0.3, -0.25) is 9.78 Å². The van der Waals surface area contributed by atoms with Crippen LogP contribution in [0.3, 0.4) is 0 Å². The summed E-state index contributed by atoms with van der Waals surface area (Å²) in [6.45, 7) is 2.07. The van der Waals surface area contributed by atoms with E-state index in [0.29, 0.717) is 17.9 Å². The van der Waals surface area contributed by atoms with E-state index in [1.165, 1.54) is 17.3 Å². The molecule has 5 nitrogen and oxygen atoms in total. The second-order valence-electron chi connectivity index (χ2n) is 7.22. The van der Waals surface area contributed by atoms with E-state index in [1.807, 2.05) is 41.8 Å². The molecule has 0 saturated carbocycles. The quantitative estimate of drug-likeness (QED) is 0.368. The van der Waals surface area contributed by atoms with Crippen molar-refractivity contribution in [2.45, 2.75) is 25.1 Å². The molecule has 0 bridgehead atoms. The third-order valence-corrected chi connectivity index (χ3v) is 6.60. The highest BCUT2D eigenvalue weighted by molar-refractivity contribution is 7.99. The van der Waals surface area contributed by atoms with Crippen molar-refractivity contribution in [1.82, 2.24) is 15.5 Å². The van der Waals surface area contributed by atoms with Gasteiger partial charge in [0.05, 0.1) is 28.1 Å². The lowest BCUT2D eigenvalue weighted by Gasteiger charge is -2.18. The summed E-state index contributed by atoms with van der Waals surface area (Å²) in [5.41, 5.74) is 4.08. The maximum atomic E-state index is 12.7. The smallest absolute Gasteiger partial charge is 0.230 e. The van der Waals surface area contributed by atoms with Crippen molar-refractivity contribution in [3.05, 3.63) is 94.8 Å². The van der Waals surface area contributed by atoms with Gasteiger partial charge in [0.2, 0.25) is 5.91 Å². The molecule has 0 radical (unpaired) electrons. The number of hydrogen-bond donors (Lipinski definition) is 1. The van der Waals surface area contributed by atoms with Gasteiger partial charge in [0.25, 0.3) is 0 Å². The molecule has 4 aromatic rings. The number of amides is 1. The normalized spacial score (nSPS) is 11.9. The zero-order chi connectivity index (χ0) is 21.5. The first-order valence-corrected chi connectivity index (χ1v) is 12.0. The van der Waals surface area contributed by atoms with Crippen molar-refractivity contribution in [3.63, 3.8) is 0 Å². The molecule has 4 rings (SSSR count). The number of thiophene rings is 1. The number of pyridine rings is 1. The fraction of sp³-hybridized carbons (Fsp3) is 0.208. The summed E-state index contributed by atoms with van der Waals surface area (Å²) in [5, 5.41) is 9.26. The molecule has 0 fully saturated rings. The van der Waals surface area contributed by atoms with E-state index in [0.717, 1.165) is 27.6 Å². The summed E-state index contributed by atoms with van der Waals surface area (Å²) in [4.78, 5) is 18.2. The Labute approximate surface area is 189 Å². The van der Waals surface area contributed by atoms with E-state index in [-0.39, 0.29) is 11.9 Å². The number of benzene rings is 1. The van der Waals surface area contributed by atoms with E-state index in [1.54, 1.807) is 17.5 Å². The number of carbonyl (C=O) groups is 1. The van der Waals surface area contributed by atoms with Crippen molar-refractivity contribution in [2.75, 3.05) is 5.75 Å². The minimum absolute atomic E-state index is 0.0188. The van der Waals surface area contributed by atoms with Gasteiger partial charge >= 0.3 is 0 Å². The Hall–Kier alpha value is -2.90. The van der Waals surface area contributed by atoms with Crippen LogP contribution in [0.4, 0.5) is 0 Å². The first kappa shape index (κ1) is 21.3. The van der Waals surface area contributed by atoms with Crippen LogP contribution in [0.2, 0.25) is 0 Å². The molecule has 0 aliphatic carbocycles. The molecule has 7 heteroatoms. The number of hydrogen-bond acceptors (Lipinski definition) is 6. The molecule has 3 heterocycles. The molecule has 1 unspecified atom stereocenters. The molecule has 1 aromatic carbocycles. The SMILES string of the molecule is Cc1ccc(CC(NC(=O)CSCc2cc(-c3cccs3)on2)c2ccccn2)cc1. The minimum Gasteiger partial charge on any atom is -0.355 e. The Morgan fingerprint density at radius 2 is 2.03 bits per heavy atom. The molecule has 158 valence electrons. The van der Waals surface area contributed by atoms with Gasteiger partial charge in [0, 0.05) is 18.0 Å². The number of thioether (sulfide) groups is 1. The third kappa shape index (κ3) is 6.06. The molecule has 0 aliphatic rings. The monoisotopic (exact) mass is 449 g/mol. The number of aryl methyl sites for hydroxylation is 1. The second kappa shape index (κ2) is 10.4. The predicted molar refractivity (Wildman–Crippen MR) is 126 cm³/mol. The zero-order valence-corrected chi connectivity index (χ0v) is 18.8. The summed E-state index contributed by atoms with van der Waals surface area (Å²) in [7, 11) is 0. The van der Waals surface area contributed by atoms with E-state index >= 15 is 0 Å². The lowest BCUT2D eigenvalue weighted by atomic mass is 10.0. The molecular weight excluding hydrogens is 426 g/mol. The third-order valence-electron chi connectivity index (χ3n) is 4.75. The van der Waals surface area contributed by atoms with Crippen molar-refractivity contribution < 1.29 is 9.32 Å². The van der Waals surface area contributed by atoms with Crippen molar-refractivity contribution >= 4 is 29.0 Å². The van der Waals surface area contributed by atoms with Gasteiger partial charge in [0.1, 0.15) is 0 Å². The Balaban J connectivity index is 1.33. The van der Waals surface area contributed by atoms with Gasteiger partial charge in [-0.25, -0.2) is 0 Å². The fourth-order valence-electron chi connectivity index (χ4n) is 3.17. The van der Waals surface area contributed by atoms with Crippen molar-refractivity contribution in [1.29, 1.82) is 0 Å². The van der Waals surface area contributed by atoms with E-state index in [2.05, 4.69) is 46.6 Å². The second-order valence-corrected chi connectivity index (χ2v) is 9.15. The lowest BCUT2D eigenvalue weighted by Crippen LogP contribution is -2.31. The maximum Gasteiger partial charge on any atom is 0.230 e. The summed E-state index contributed by atoms with van der Waals surface area (Å²) >= 11 is 3.13. The van der Waals surface area contributed by atoms with E-state index in [4.69, 9.17) is 4.52 Å². The van der Waals surface area contributed by atoms with Crippen LogP contribution in [0.25, 0.3) is 10.6 Å². The van der Waals surface area contributed by atoms with Gasteiger partial charge in [0.15, 0.2) is 5.76 Å². The van der Waals surface area contributed by atoms with Crippen LogP contribution in [-0.4, -0.2) is 21.8 Å².